The first-order chi connectivity index (χ1) is 20.7. The van der Waals surface area contributed by atoms with Gasteiger partial charge in [0.1, 0.15) is 19.0 Å². The Labute approximate surface area is 256 Å². The average molecular weight is 593 g/mol. The van der Waals surface area contributed by atoms with Crippen LogP contribution in [0.25, 0.3) is 0 Å². The van der Waals surface area contributed by atoms with E-state index < -0.39 is 12.0 Å². The van der Waals surface area contributed by atoms with E-state index in [1.807, 2.05) is 74.5 Å². The first-order valence-corrected chi connectivity index (χ1v) is 15.1. The standard InChI is InChI=1S/C35H48N2O6/c1-5-7-8-12-16-34(40)43-25-32(26(3)4)37-35(41)29(13-6-2)22-33(39)36-30(23-38)21-27-17-19-31(20-18-27)42-24-28-14-10-9-11-15-28/h5-6,9-11,14-15,17-20,26,29-30,32,38H,1-2,7-8,12-13,16,21-25H2,3-4H3,(H,36,39)(H,37,41). The second-order valence-corrected chi connectivity index (χ2v) is 11.1. The zero-order valence-electron chi connectivity index (χ0n) is 25.6. The Morgan fingerprint density at radius 1 is 0.930 bits per heavy atom. The second kappa shape index (κ2) is 20.1. The Balaban J connectivity index is 1.86. The fourth-order valence-electron chi connectivity index (χ4n) is 4.42. The van der Waals surface area contributed by atoms with Gasteiger partial charge in [0.15, 0.2) is 0 Å². The van der Waals surface area contributed by atoms with Crippen molar-refractivity contribution in [2.24, 2.45) is 11.8 Å². The minimum absolute atomic E-state index is 0.0182. The van der Waals surface area contributed by atoms with Gasteiger partial charge in [0.05, 0.1) is 24.6 Å². The molecule has 3 N–H and O–H groups in total. The fraction of sp³-hybridized carbons (Fsp3) is 0.457. The number of amides is 2. The van der Waals surface area contributed by atoms with Crippen LogP contribution in [0.2, 0.25) is 0 Å². The molecule has 3 atom stereocenters. The summed E-state index contributed by atoms with van der Waals surface area (Å²) in [7, 11) is 0. The van der Waals surface area contributed by atoms with E-state index in [2.05, 4.69) is 23.8 Å². The number of aliphatic hydroxyl groups excluding tert-OH is 1. The van der Waals surface area contributed by atoms with Gasteiger partial charge in [0.25, 0.3) is 0 Å². The van der Waals surface area contributed by atoms with Crippen molar-refractivity contribution in [1.82, 2.24) is 10.6 Å². The van der Waals surface area contributed by atoms with E-state index in [0.29, 0.717) is 25.9 Å². The number of ether oxygens (including phenoxy) is 2. The van der Waals surface area contributed by atoms with E-state index in [1.165, 1.54) is 0 Å². The number of rotatable bonds is 21. The third-order valence-corrected chi connectivity index (χ3v) is 7.09. The number of nitrogens with one attached hydrogen (secondary N) is 2. The lowest BCUT2D eigenvalue weighted by molar-refractivity contribution is -0.145. The van der Waals surface area contributed by atoms with Crippen molar-refractivity contribution >= 4 is 17.8 Å². The van der Waals surface area contributed by atoms with Gasteiger partial charge >= 0.3 is 5.97 Å². The van der Waals surface area contributed by atoms with Gasteiger partial charge in [-0.05, 0) is 61.3 Å². The van der Waals surface area contributed by atoms with Crippen molar-refractivity contribution in [2.75, 3.05) is 13.2 Å². The Morgan fingerprint density at radius 2 is 1.65 bits per heavy atom. The summed E-state index contributed by atoms with van der Waals surface area (Å²) in [4.78, 5) is 38.2. The van der Waals surface area contributed by atoms with Gasteiger partial charge in [-0.3, -0.25) is 14.4 Å². The van der Waals surface area contributed by atoms with E-state index in [4.69, 9.17) is 9.47 Å². The summed E-state index contributed by atoms with van der Waals surface area (Å²) in [5.41, 5.74) is 2.01. The fourth-order valence-corrected chi connectivity index (χ4v) is 4.42. The maximum Gasteiger partial charge on any atom is 0.305 e. The third-order valence-electron chi connectivity index (χ3n) is 7.09. The van der Waals surface area contributed by atoms with E-state index in [0.717, 1.165) is 36.1 Å². The monoisotopic (exact) mass is 592 g/mol. The van der Waals surface area contributed by atoms with Crippen LogP contribution in [-0.4, -0.2) is 48.2 Å². The molecule has 0 aliphatic carbocycles. The van der Waals surface area contributed by atoms with Crippen LogP contribution >= 0.6 is 0 Å². The molecule has 0 heterocycles. The average Bonchev–Trinajstić information content (AvgIpc) is 3.00. The first kappa shape index (κ1) is 35.3. The number of allylic oxidation sites excluding steroid dienone is 2. The molecule has 0 bridgehead atoms. The number of carbonyl (C=O) groups excluding carboxylic acids is 3. The van der Waals surface area contributed by atoms with E-state index in [9.17, 15) is 19.5 Å². The number of hydrogen-bond donors (Lipinski definition) is 3. The summed E-state index contributed by atoms with van der Waals surface area (Å²) < 4.78 is 11.2. The van der Waals surface area contributed by atoms with Gasteiger partial charge in [0.2, 0.25) is 11.8 Å². The summed E-state index contributed by atoms with van der Waals surface area (Å²) in [5, 5.41) is 15.7. The van der Waals surface area contributed by atoms with Crippen molar-refractivity contribution in [1.29, 1.82) is 0 Å². The van der Waals surface area contributed by atoms with Gasteiger partial charge < -0.3 is 25.2 Å². The van der Waals surface area contributed by atoms with Crippen LogP contribution in [0.4, 0.5) is 0 Å². The van der Waals surface area contributed by atoms with Crippen LogP contribution in [0.3, 0.4) is 0 Å². The lowest BCUT2D eigenvalue weighted by atomic mass is 9.97. The molecule has 8 nitrogen and oxygen atoms in total. The highest BCUT2D eigenvalue weighted by Crippen LogP contribution is 2.17. The van der Waals surface area contributed by atoms with Crippen molar-refractivity contribution in [3.05, 3.63) is 91.0 Å². The number of hydrogen-bond acceptors (Lipinski definition) is 6. The van der Waals surface area contributed by atoms with Gasteiger partial charge in [-0.1, -0.05) is 68.5 Å². The first-order valence-electron chi connectivity index (χ1n) is 15.1. The van der Waals surface area contributed by atoms with Crippen molar-refractivity contribution in [3.63, 3.8) is 0 Å². The molecule has 0 spiro atoms. The van der Waals surface area contributed by atoms with Crippen LogP contribution in [0, 0.1) is 11.8 Å². The highest BCUT2D eigenvalue weighted by Gasteiger charge is 2.26. The molecule has 43 heavy (non-hydrogen) atoms. The summed E-state index contributed by atoms with van der Waals surface area (Å²) in [6.45, 7) is 11.6. The lowest BCUT2D eigenvalue weighted by Crippen LogP contribution is -2.46. The molecule has 2 aromatic rings. The number of benzene rings is 2. The summed E-state index contributed by atoms with van der Waals surface area (Å²) in [6, 6.07) is 16.5. The second-order valence-electron chi connectivity index (χ2n) is 11.1. The molecule has 234 valence electrons. The molecule has 0 radical (unpaired) electrons. The number of aliphatic hydroxyl groups is 1. The number of unbranched alkanes of at least 4 members (excludes halogenated alkanes) is 2. The van der Waals surface area contributed by atoms with E-state index in [1.54, 1.807) is 6.08 Å². The summed E-state index contributed by atoms with van der Waals surface area (Å²) in [5.74, 6) is -0.833. The van der Waals surface area contributed by atoms with E-state index >= 15 is 0 Å². The van der Waals surface area contributed by atoms with Crippen LogP contribution in [-0.2, 0) is 32.1 Å². The van der Waals surface area contributed by atoms with Gasteiger partial charge in [-0.15, -0.1) is 13.2 Å². The molecule has 0 aliphatic rings. The zero-order chi connectivity index (χ0) is 31.5. The minimum atomic E-state index is -0.645. The van der Waals surface area contributed by atoms with Gasteiger partial charge in [0, 0.05) is 12.8 Å². The Hall–Kier alpha value is -3.91. The zero-order valence-corrected chi connectivity index (χ0v) is 25.6. The maximum absolute atomic E-state index is 13.1. The molecule has 2 amide bonds. The van der Waals surface area contributed by atoms with Crippen LogP contribution in [0.1, 0.15) is 63.5 Å². The molecular weight excluding hydrogens is 544 g/mol. The SMILES string of the molecule is C=CCCCCC(=O)OCC(NC(=O)C(CC=C)CC(=O)NC(CO)Cc1ccc(OCc2ccccc2)cc1)C(C)C. The normalized spacial score (nSPS) is 12.9. The predicted octanol–water partition coefficient (Wildman–Crippen LogP) is 5.30. The molecule has 8 heteroatoms. The van der Waals surface area contributed by atoms with Gasteiger partial charge in [-0.2, -0.15) is 0 Å². The Bertz CT molecular complexity index is 1130. The molecular formula is C35H48N2O6. The van der Waals surface area contributed by atoms with Gasteiger partial charge in [-0.25, -0.2) is 0 Å². The maximum atomic E-state index is 13.1. The predicted molar refractivity (Wildman–Crippen MR) is 169 cm³/mol. The smallest absolute Gasteiger partial charge is 0.305 e. The van der Waals surface area contributed by atoms with Crippen LogP contribution in [0.15, 0.2) is 79.9 Å². The number of carbonyl (C=O) groups is 3. The van der Waals surface area contributed by atoms with E-state index in [-0.39, 0.29) is 49.4 Å². The summed E-state index contributed by atoms with van der Waals surface area (Å²) in [6.07, 6.45) is 6.88. The Morgan fingerprint density at radius 3 is 2.28 bits per heavy atom. The molecule has 0 aromatic heterocycles. The highest BCUT2D eigenvalue weighted by molar-refractivity contribution is 5.86. The third kappa shape index (κ3) is 14.2. The van der Waals surface area contributed by atoms with Crippen molar-refractivity contribution < 1.29 is 29.0 Å². The van der Waals surface area contributed by atoms with Crippen molar-refractivity contribution in [2.45, 2.75) is 77.5 Å². The van der Waals surface area contributed by atoms with Crippen LogP contribution < -0.4 is 15.4 Å². The molecule has 0 aliphatic heterocycles. The number of esters is 1. The molecule has 2 rings (SSSR count). The molecule has 3 unspecified atom stereocenters. The highest BCUT2D eigenvalue weighted by atomic mass is 16.5. The molecule has 0 saturated carbocycles. The molecule has 2 aromatic carbocycles. The van der Waals surface area contributed by atoms with Crippen LogP contribution in [0.5, 0.6) is 5.75 Å². The Kier molecular flexibility index (Phi) is 16.5. The molecule has 0 fully saturated rings. The summed E-state index contributed by atoms with van der Waals surface area (Å²) >= 11 is 0. The lowest BCUT2D eigenvalue weighted by Gasteiger charge is -2.25. The minimum Gasteiger partial charge on any atom is -0.489 e. The topological polar surface area (TPSA) is 114 Å². The van der Waals surface area contributed by atoms with Crippen molar-refractivity contribution in [3.8, 4) is 5.75 Å². The quantitative estimate of drug-likeness (QED) is 0.103. The molecule has 0 saturated heterocycles. The largest absolute Gasteiger partial charge is 0.489 e.